The molecule has 0 spiro atoms. The van der Waals surface area contributed by atoms with Crippen molar-refractivity contribution in [1.82, 2.24) is 14.8 Å². The second-order valence-electron chi connectivity index (χ2n) is 3.84. The van der Waals surface area contributed by atoms with Crippen LogP contribution in [0.5, 0.6) is 0 Å². The van der Waals surface area contributed by atoms with Crippen LogP contribution in [0.3, 0.4) is 0 Å². The first-order chi connectivity index (χ1) is 7.13. The van der Waals surface area contributed by atoms with Crippen molar-refractivity contribution in [3.8, 4) is 0 Å². The minimum Gasteiger partial charge on any atom is -0.307 e. The van der Waals surface area contributed by atoms with Crippen LogP contribution in [0.25, 0.3) is 11.0 Å². The van der Waals surface area contributed by atoms with Crippen molar-refractivity contribution in [2.75, 3.05) is 0 Å². The molecule has 0 amide bonds. The number of aryl methyl sites for hydroxylation is 3. The summed E-state index contributed by atoms with van der Waals surface area (Å²) in [6.45, 7) is 4.08. The van der Waals surface area contributed by atoms with Crippen molar-refractivity contribution < 1.29 is 0 Å². The number of aromatic amines is 1. The number of hydrogen-bond acceptors (Lipinski definition) is 2. The van der Waals surface area contributed by atoms with Gasteiger partial charge in [-0.2, -0.15) is 5.10 Å². The Morgan fingerprint density at radius 1 is 1.53 bits per heavy atom. The third-order valence-electron chi connectivity index (χ3n) is 2.61. The summed E-state index contributed by atoms with van der Waals surface area (Å²) in [7, 11) is 1.85. The number of rotatable bonds is 2. The van der Waals surface area contributed by atoms with E-state index in [1.165, 1.54) is 0 Å². The number of nitrogens with one attached hydrogen (secondary N) is 1. The van der Waals surface area contributed by atoms with Crippen LogP contribution in [0.15, 0.2) is 10.9 Å². The van der Waals surface area contributed by atoms with Gasteiger partial charge < -0.3 is 4.98 Å². The summed E-state index contributed by atoms with van der Waals surface area (Å²) in [6, 6.07) is 1.68. The molecule has 0 saturated heterocycles. The normalized spacial score (nSPS) is 11.1. The monoisotopic (exact) mass is 205 g/mol. The van der Waals surface area contributed by atoms with E-state index >= 15 is 0 Å². The molecule has 0 bridgehead atoms. The van der Waals surface area contributed by atoms with Gasteiger partial charge in [0.25, 0.3) is 0 Å². The summed E-state index contributed by atoms with van der Waals surface area (Å²) in [5.41, 5.74) is 2.85. The van der Waals surface area contributed by atoms with Gasteiger partial charge in [-0.05, 0) is 18.9 Å². The third kappa shape index (κ3) is 1.56. The van der Waals surface area contributed by atoms with Gasteiger partial charge in [-0.3, -0.25) is 9.48 Å². The third-order valence-corrected chi connectivity index (χ3v) is 2.61. The first-order valence-electron chi connectivity index (χ1n) is 5.19. The van der Waals surface area contributed by atoms with Gasteiger partial charge in [0.1, 0.15) is 5.65 Å². The summed E-state index contributed by atoms with van der Waals surface area (Å²) < 4.78 is 1.73. The highest BCUT2D eigenvalue weighted by atomic mass is 16.1. The predicted molar refractivity (Wildman–Crippen MR) is 60.1 cm³/mol. The lowest BCUT2D eigenvalue weighted by Crippen LogP contribution is -2.08. The van der Waals surface area contributed by atoms with E-state index in [-0.39, 0.29) is 5.56 Å². The molecule has 0 saturated carbocycles. The fourth-order valence-electron chi connectivity index (χ4n) is 2.04. The molecular weight excluding hydrogens is 190 g/mol. The first-order valence-corrected chi connectivity index (χ1v) is 5.19. The Labute approximate surface area is 87.9 Å². The average molecular weight is 205 g/mol. The number of fused-ring (bicyclic) bond motifs is 1. The smallest absolute Gasteiger partial charge is 0.249 e. The lowest BCUT2D eigenvalue weighted by Gasteiger charge is -2.01. The zero-order chi connectivity index (χ0) is 11.0. The zero-order valence-electron chi connectivity index (χ0n) is 9.29. The fraction of sp³-hybridized carbons (Fsp3) is 0.455. The first kappa shape index (κ1) is 9.96. The lowest BCUT2D eigenvalue weighted by atomic mass is 10.1. The molecule has 15 heavy (non-hydrogen) atoms. The molecule has 4 nitrogen and oxygen atoms in total. The summed E-state index contributed by atoms with van der Waals surface area (Å²) >= 11 is 0. The van der Waals surface area contributed by atoms with Crippen LogP contribution in [-0.4, -0.2) is 14.8 Å². The van der Waals surface area contributed by atoms with Crippen molar-refractivity contribution >= 4 is 11.0 Å². The van der Waals surface area contributed by atoms with Crippen LogP contribution >= 0.6 is 0 Å². The van der Waals surface area contributed by atoms with Crippen LogP contribution in [-0.2, 0) is 13.5 Å². The second kappa shape index (κ2) is 3.53. The molecule has 0 aromatic carbocycles. The molecular formula is C11H15N3O. The van der Waals surface area contributed by atoms with Crippen molar-refractivity contribution in [3.05, 3.63) is 27.7 Å². The molecule has 80 valence electrons. The number of pyridine rings is 1. The van der Waals surface area contributed by atoms with Gasteiger partial charge in [-0.25, -0.2) is 0 Å². The Bertz CT molecular complexity index is 551. The van der Waals surface area contributed by atoms with Crippen LogP contribution in [0, 0.1) is 6.92 Å². The molecule has 2 aromatic heterocycles. The Morgan fingerprint density at radius 2 is 2.27 bits per heavy atom. The molecule has 0 unspecified atom stereocenters. The van der Waals surface area contributed by atoms with E-state index in [9.17, 15) is 4.79 Å². The van der Waals surface area contributed by atoms with Crippen molar-refractivity contribution in [1.29, 1.82) is 0 Å². The lowest BCUT2D eigenvalue weighted by molar-refractivity contribution is 0.772. The average Bonchev–Trinajstić information content (AvgIpc) is 2.42. The van der Waals surface area contributed by atoms with Gasteiger partial charge in [0.05, 0.1) is 5.69 Å². The number of nitrogens with zero attached hydrogens (tertiary/aromatic N) is 2. The fourth-order valence-corrected chi connectivity index (χ4v) is 2.04. The molecule has 2 heterocycles. The molecule has 1 N–H and O–H groups in total. The van der Waals surface area contributed by atoms with Gasteiger partial charge >= 0.3 is 0 Å². The maximum absolute atomic E-state index is 11.4. The van der Waals surface area contributed by atoms with E-state index in [1.807, 2.05) is 14.0 Å². The molecule has 2 rings (SSSR count). The number of aromatic nitrogens is 3. The van der Waals surface area contributed by atoms with Crippen molar-refractivity contribution in [2.24, 2.45) is 7.05 Å². The van der Waals surface area contributed by atoms with Crippen LogP contribution in [0.4, 0.5) is 0 Å². The molecule has 0 aliphatic carbocycles. The maximum atomic E-state index is 11.4. The quantitative estimate of drug-likeness (QED) is 0.808. The van der Waals surface area contributed by atoms with Crippen molar-refractivity contribution in [2.45, 2.75) is 26.7 Å². The zero-order valence-corrected chi connectivity index (χ0v) is 9.29. The molecule has 0 aliphatic heterocycles. The van der Waals surface area contributed by atoms with Crippen LogP contribution in [0.1, 0.15) is 24.6 Å². The molecule has 4 heteroatoms. The van der Waals surface area contributed by atoms with Gasteiger partial charge in [-0.1, -0.05) is 13.3 Å². The van der Waals surface area contributed by atoms with E-state index in [0.29, 0.717) is 0 Å². The van der Waals surface area contributed by atoms with Crippen LogP contribution in [0.2, 0.25) is 0 Å². The van der Waals surface area contributed by atoms with Gasteiger partial charge in [0.2, 0.25) is 5.56 Å². The standard InChI is InChI=1S/C11H15N3O/c1-4-5-8-6-9(15)12-11-10(8)7(2)13-14(11)3/h6H,4-5H2,1-3H3,(H,12,15). The molecule has 0 atom stereocenters. The Balaban J connectivity index is 2.83. The van der Waals surface area contributed by atoms with E-state index < -0.39 is 0 Å². The molecule has 0 aliphatic rings. The summed E-state index contributed by atoms with van der Waals surface area (Å²) in [5.74, 6) is 0. The second-order valence-corrected chi connectivity index (χ2v) is 3.84. The summed E-state index contributed by atoms with van der Waals surface area (Å²) in [4.78, 5) is 14.3. The van der Waals surface area contributed by atoms with Crippen LogP contribution < -0.4 is 5.56 Å². The highest BCUT2D eigenvalue weighted by molar-refractivity contribution is 5.81. The molecule has 0 radical (unpaired) electrons. The van der Waals surface area contributed by atoms with E-state index in [4.69, 9.17) is 0 Å². The Kier molecular flexibility index (Phi) is 2.34. The number of hydrogen-bond donors (Lipinski definition) is 1. The highest BCUT2D eigenvalue weighted by Crippen LogP contribution is 2.19. The number of H-pyrrole nitrogens is 1. The largest absolute Gasteiger partial charge is 0.307 e. The van der Waals surface area contributed by atoms with Gasteiger partial charge in [0, 0.05) is 18.5 Å². The van der Waals surface area contributed by atoms with Crippen molar-refractivity contribution in [3.63, 3.8) is 0 Å². The van der Waals surface area contributed by atoms with Gasteiger partial charge in [0.15, 0.2) is 0 Å². The maximum Gasteiger partial charge on any atom is 0.249 e. The predicted octanol–water partition coefficient (Wildman–Crippen LogP) is 1.52. The Hall–Kier alpha value is -1.58. The SMILES string of the molecule is CCCc1cc(=O)[nH]c2c1c(C)nn2C. The van der Waals surface area contributed by atoms with Gasteiger partial charge in [-0.15, -0.1) is 0 Å². The summed E-state index contributed by atoms with van der Waals surface area (Å²) in [5, 5.41) is 5.42. The topological polar surface area (TPSA) is 50.7 Å². The van der Waals surface area contributed by atoms with E-state index in [1.54, 1.807) is 10.7 Å². The van der Waals surface area contributed by atoms with E-state index in [2.05, 4.69) is 17.0 Å². The highest BCUT2D eigenvalue weighted by Gasteiger charge is 2.10. The minimum atomic E-state index is -0.0473. The summed E-state index contributed by atoms with van der Waals surface area (Å²) in [6.07, 6.45) is 1.96. The minimum absolute atomic E-state index is 0.0473. The molecule has 2 aromatic rings. The van der Waals surface area contributed by atoms with E-state index in [0.717, 1.165) is 35.1 Å². The Morgan fingerprint density at radius 3 is 2.93 bits per heavy atom. The molecule has 0 fully saturated rings.